The fourth-order valence-corrected chi connectivity index (χ4v) is 3.09. The van der Waals surface area contributed by atoms with E-state index in [9.17, 15) is 0 Å². The molecule has 0 unspecified atom stereocenters. The number of aryl methyl sites for hydroxylation is 1. The molecule has 0 saturated heterocycles. The van der Waals surface area contributed by atoms with Crippen LogP contribution in [0.1, 0.15) is 22.0 Å². The summed E-state index contributed by atoms with van der Waals surface area (Å²) < 4.78 is 6.09. The Bertz CT molecular complexity index is 530. The molecule has 114 valence electrons. The first-order valence-electron chi connectivity index (χ1n) is 7.03. The molecule has 0 saturated carbocycles. The first-order chi connectivity index (χ1) is 10.3. The predicted molar refractivity (Wildman–Crippen MR) is 89.9 cm³/mol. The summed E-state index contributed by atoms with van der Waals surface area (Å²) in [6.07, 6.45) is 2.92. The molecule has 0 aliphatic rings. The van der Waals surface area contributed by atoms with E-state index in [1.54, 1.807) is 18.4 Å². The Balaban J connectivity index is 1.72. The Morgan fingerprint density at radius 3 is 2.67 bits per heavy atom. The smallest absolute Gasteiger partial charge is 0.121 e. The van der Waals surface area contributed by atoms with Gasteiger partial charge in [-0.2, -0.15) is 0 Å². The molecule has 0 spiro atoms. The lowest BCUT2D eigenvalue weighted by atomic mass is 10.2. The molecule has 4 nitrogen and oxygen atoms in total. The summed E-state index contributed by atoms with van der Waals surface area (Å²) in [6.45, 7) is 2.66. The van der Waals surface area contributed by atoms with Crippen LogP contribution in [0.15, 0.2) is 28.7 Å². The molecule has 2 rings (SSSR count). The van der Waals surface area contributed by atoms with Gasteiger partial charge in [-0.15, -0.1) is 21.5 Å². The van der Waals surface area contributed by atoms with Crippen LogP contribution in [0.5, 0.6) is 0 Å². The molecule has 1 aromatic carbocycles. The number of aromatic nitrogens is 2. The van der Waals surface area contributed by atoms with Crippen molar-refractivity contribution in [2.75, 3.05) is 26.8 Å². The summed E-state index contributed by atoms with van der Waals surface area (Å²) in [5, 5.41) is 14.1. The lowest BCUT2D eigenvalue weighted by Gasteiger charge is -2.01. The predicted octanol–water partition coefficient (Wildman–Crippen LogP) is 3.06. The summed E-state index contributed by atoms with van der Waals surface area (Å²) >= 11 is 5.16. The van der Waals surface area contributed by atoms with Crippen molar-refractivity contribution < 1.29 is 4.74 Å². The van der Waals surface area contributed by atoms with Crippen molar-refractivity contribution in [1.82, 2.24) is 15.5 Å². The SMILES string of the molecule is COCCNCCCc1nnc(Cc2ccc(Br)cc2)s1. The molecule has 0 fully saturated rings. The number of hydrogen-bond donors (Lipinski definition) is 1. The van der Waals surface area contributed by atoms with E-state index < -0.39 is 0 Å². The summed E-state index contributed by atoms with van der Waals surface area (Å²) in [4.78, 5) is 0. The molecule has 0 aliphatic carbocycles. The third-order valence-corrected chi connectivity index (χ3v) is 4.52. The van der Waals surface area contributed by atoms with Crippen molar-refractivity contribution in [3.05, 3.63) is 44.3 Å². The van der Waals surface area contributed by atoms with E-state index in [1.165, 1.54) is 5.56 Å². The van der Waals surface area contributed by atoms with Gasteiger partial charge in [0.05, 0.1) is 6.61 Å². The van der Waals surface area contributed by atoms with Crippen molar-refractivity contribution in [3.63, 3.8) is 0 Å². The van der Waals surface area contributed by atoms with Gasteiger partial charge in [0.25, 0.3) is 0 Å². The van der Waals surface area contributed by atoms with E-state index in [4.69, 9.17) is 4.74 Å². The maximum atomic E-state index is 4.99. The second kappa shape index (κ2) is 9.25. The second-order valence-corrected chi connectivity index (χ2v) is 6.80. The summed E-state index contributed by atoms with van der Waals surface area (Å²) in [7, 11) is 1.72. The number of nitrogens with zero attached hydrogens (tertiary/aromatic N) is 2. The quantitative estimate of drug-likeness (QED) is 0.690. The van der Waals surface area contributed by atoms with Crippen molar-refractivity contribution in [2.24, 2.45) is 0 Å². The van der Waals surface area contributed by atoms with Gasteiger partial charge in [0.2, 0.25) is 0 Å². The van der Waals surface area contributed by atoms with E-state index in [0.29, 0.717) is 0 Å². The molecule has 0 radical (unpaired) electrons. The van der Waals surface area contributed by atoms with Crippen LogP contribution in [0.25, 0.3) is 0 Å². The second-order valence-electron chi connectivity index (χ2n) is 4.74. The Kier molecular flexibility index (Phi) is 7.29. The van der Waals surface area contributed by atoms with Crippen LogP contribution in [-0.2, 0) is 17.6 Å². The fourth-order valence-electron chi connectivity index (χ4n) is 1.90. The zero-order valence-corrected chi connectivity index (χ0v) is 14.5. The monoisotopic (exact) mass is 369 g/mol. The topological polar surface area (TPSA) is 47.0 Å². The van der Waals surface area contributed by atoms with Crippen LogP contribution < -0.4 is 5.32 Å². The molecule has 0 aliphatic heterocycles. The van der Waals surface area contributed by atoms with E-state index in [0.717, 1.165) is 53.4 Å². The highest BCUT2D eigenvalue weighted by Crippen LogP contribution is 2.17. The van der Waals surface area contributed by atoms with E-state index in [2.05, 4.69) is 55.7 Å². The van der Waals surface area contributed by atoms with Gasteiger partial charge >= 0.3 is 0 Å². The van der Waals surface area contributed by atoms with E-state index in [1.807, 2.05) is 0 Å². The van der Waals surface area contributed by atoms with Crippen LogP contribution in [0.3, 0.4) is 0 Å². The molecule has 0 atom stereocenters. The van der Waals surface area contributed by atoms with Crippen LogP contribution in [0, 0.1) is 0 Å². The zero-order valence-electron chi connectivity index (χ0n) is 12.1. The van der Waals surface area contributed by atoms with Crippen LogP contribution in [-0.4, -0.2) is 37.0 Å². The van der Waals surface area contributed by atoms with Gasteiger partial charge in [-0.05, 0) is 30.7 Å². The molecule has 2 aromatic rings. The Morgan fingerprint density at radius 1 is 1.14 bits per heavy atom. The molecular formula is C15H20BrN3OS. The maximum Gasteiger partial charge on any atom is 0.121 e. The van der Waals surface area contributed by atoms with Gasteiger partial charge in [-0.25, -0.2) is 0 Å². The third-order valence-electron chi connectivity index (χ3n) is 3.00. The summed E-state index contributed by atoms with van der Waals surface area (Å²) in [6, 6.07) is 8.35. The van der Waals surface area contributed by atoms with Crippen molar-refractivity contribution >= 4 is 27.3 Å². The lowest BCUT2D eigenvalue weighted by molar-refractivity contribution is 0.199. The van der Waals surface area contributed by atoms with Crippen LogP contribution in [0.2, 0.25) is 0 Å². The van der Waals surface area contributed by atoms with Crippen molar-refractivity contribution in [1.29, 1.82) is 0 Å². The minimum Gasteiger partial charge on any atom is -0.383 e. The van der Waals surface area contributed by atoms with Gasteiger partial charge in [0.1, 0.15) is 10.0 Å². The molecule has 0 bridgehead atoms. The molecule has 0 amide bonds. The summed E-state index contributed by atoms with van der Waals surface area (Å²) in [5.41, 5.74) is 1.27. The number of hydrogen-bond acceptors (Lipinski definition) is 5. The van der Waals surface area contributed by atoms with Gasteiger partial charge in [0, 0.05) is 31.0 Å². The zero-order chi connectivity index (χ0) is 14.9. The largest absolute Gasteiger partial charge is 0.383 e. The van der Waals surface area contributed by atoms with Crippen molar-refractivity contribution in [3.8, 4) is 0 Å². The number of rotatable bonds is 9. The minimum atomic E-state index is 0.760. The molecule has 21 heavy (non-hydrogen) atoms. The highest BCUT2D eigenvalue weighted by molar-refractivity contribution is 9.10. The minimum absolute atomic E-state index is 0.760. The first-order valence-corrected chi connectivity index (χ1v) is 8.64. The summed E-state index contributed by atoms with van der Waals surface area (Å²) in [5.74, 6) is 0. The van der Waals surface area contributed by atoms with Gasteiger partial charge in [-0.3, -0.25) is 0 Å². The van der Waals surface area contributed by atoms with Gasteiger partial charge in [0.15, 0.2) is 0 Å². The van der Waals surface area contributed by atoms with Gasteiger partial charge < -0.3 is 10.1 Å². The maximum absolute atomic E-state index is 4.99. The number of benzene rings is 1. The Hall–Kier alpha value is -0.820. The van der Waals surface area contributed by atoms with E-state index >= 15 is 0 Å². The number of nitrogens with one attached hydrogen (secondary N) is 1. The Labute approximate surface area is 138 Å². The van der Waals surface area contributed by atoms with Gasteiger partial charge in [-0.1, -0.05) is 28.1 Å². The van der Waals surface area contributed by atoms with Crippen molar-refractivity contribution in [2.45, 2.75) is 19.3 Å². The molecule has 1 N–H and O–H groups in total. The average Bonchev–Trinajstić information content (AvgIpc) is 2.93. The third kappa shape index (κ3) is 6.22. The lowest BCUT2D eigenvalue weighted by Crippen LogP contribution is -2.20. The first kappa shape index (κ1) is 16.5. The number of ether oxygens (including phenoxy) is 1. The standard InChI is InChI=1S/C15H20BrN3OS/c1-20-10-9-17-8-2-3-14-18-19-15(21-14)11-12-4-6-13(16)7-5-12/h4-7,17H,2-3,8-11H2,1H3. The molecule has 1 heterocycles. The highest BCUT2D eigenvalue weighted by atomic mass is 79.9. The molecule has 1 aromatic heterocycles. The number of halogens is 1. The normalized spacial score (nSPS) is 11.0. The van der Waals surface area contributed by atoms with Crippen LogP contribution >= 0.6 is 27.3 Å². The van der Waals surface area contributed by atoms with E-state index in [-0.39, 0.29) is 0 Å². The number of methoxy groups -OCH3 is 1. The Morgan fingerprint density at radius 2 is 1.90 bits per heavy atom. The van der Waals surface area contributed by atoms with Crippen LogP contribution in [0.4, 0.5) is 0 Å². The average molecular weight is 370 g/mol. The molecule has 6 heteroatoms. The fraction of sp³-hybridized carbons (Fsp3) is 0.467. The molecular weight excluding hydrogens is 350 g/mol. The highest BCUT2D eigenvalue weighted by Gasteiger charge is 2.05.